The van der Waals surface area contributed by atoms with E-state index < -0.39 is 5.69 Å². The number of fused-ring (bicyclic) bond motifs is 1. The van der Waals surface area contributed by atoms with Crippen molar-refractivity contribution in [3.05, 3.63) is 55.7 Å². The molecule has 0 saturated heterocycles. The molecule has 9 nitrogen and oxygen atoms in total. The Bertz CT molecular complexity index is 1480. The molecule has 1 aliphatic carbocycles. The Kier molecular flexibility index (Phi) is 3.85. The Labute approximate surface area is 167 Å². The summed E-state index contributed by atoms with van der Waals surface area (Å²) in [7, 11) is 0. The third-order valence-corrected chi connectivity index (χ3v) is 5.71. The molecule has 0 amide bonds. The van der Waals surface area contributed by atoms with Gasteiger partial charge in [0.25, 0.3) is 0 Å². The number of imidazole rings is 1. The van der Waals surface area contributed by atoms with Gasteiger partial charge < -0.3 is 10.1 Å². The Morgan fingerprint density at radius 3 is 2.90 bits per heavy atom. The number of aromatic hydroxyl groups is 1. The van der Waals surface area contributed by atoms with E-state index in [1.54, 1.807) is 22.9 Å². The maximum atomic E-state index is 11.4. The lowest BCUT2D eigenvalue weighted by Crippen LogP contribution is -2.23. The van der Waals surface area contributed by atoms with Crippen LogP contribution in [0.25, 0.3) is 22.3 Å². The number of nitrogens with zero attached hydrogens (tertiary/aromatic N) is 5. The van der Waals surface area contributed by atoms with Crippen LogP contribution >= 0.6 is 11.3 Å². The highest BCUT2D eigenvalue weighted by Crippen LogP contribution is 2.28. The van der Waals surface area contributed by atoms with Crippen LogP contribution in [0, 0.1) is 18.3 Å². The third kappa shape index (κ3) is 3.01. The van der Waals surface area contributed by atoms with Crippen LogP contribution in [0.3, 0.4) is 0 Å². The first kappa shape index (κ1) is 17.4. The highest BCUT2D eigenvalue weighted by molar-refractivity contribution is 7.16. The standard InChI is InChI=1S/C19H15N7O2S/c1-9-15(14-5-4-12(7-20)29-14)24-17-10(6-13-18(27)25-19(28)23-13)8-21-26(17)16(9)22-11-2-3-11/h4-6,8,11,27H,2-3H2,1H3,(H2,23,25,28). The minimum atomic E-state index is -0.498. The summed E-state index contributed by atoms with van der Waals surface area (Å²) in [5.41, 5.74) is 2.66. The van der Waals surface area contributed by atoms with E-state index >= 15 is 0 Å². The van der Waals surface area contributed by atoms with Gasteiger partial charge in [-0.1, -0.05) is 0 Å². The molecule has 0 spiro atoms. The van der Waals surface area contributed by atoms with E-state index in [1.165, 1.54) is 11.3 Å². The number of aromatic nitrogens is 5. The van der Waals surface area contributed by atoms with Crippen LogP contribution in [0.15, 0.2) is 28.1 Å². The topological polar surface area (TPSA) is 135 Å². The summed E-state index contributed by atoms with van der Waals surface area (Å²) in [5.74, 6) is -0.249. The minimum absolute atomic E-state index is 0.248. The lowest BCUT2D eigenvalue weighted by atomic mass is 10.2. The van der Waals surface area contributed by atoms with Gasteiger partial charge in [0.05, 0.1) is 22.8 Å². The smallest absolute Gasteiger partial charge is 0.326 e. The Hall–Kier alpha value is -3.71. The van der Waals surface area contributed by atoms with Crippen LogP contribution in [0.2, 0.25) is 0 Å². The van der Waals surface area contributed by atoms with Gasteiger partial charge in [-0.05, 0) is 38.0 Å². The number of thiophene rings is 1. The van der Waals surface area contributed by atoms with Gasteiger partial charge in [0.1, 0.15) is 16.6 Å². The number of H-pyrrole nitrogens is 2. The lowest BCUT2D eigenvalue weighted by molar-refractivity contribution is 0.454. The molecule has 4 aromatic heterocycles. The summed E-state index contributed by atoms with van der Waals surface area (Å²) in [6.45, 7) is 1.95. The van der Waals surface area contributed by atoms with Gasteiger partial charge in [-0.15, -0.1) is 11.3 Å². The number of hydrogen-bond donors (Lipinski definition) is 3. The maximum absolute atomic E-state index is 11.4. The summed E-state index contributed by atoms with van der Waals surface area (Å²) in [4.78, 5) is 27.4. The number of rotatable bonds is 3. The molecular formula is C19H15N7O2S. The summed E-state index contributed by atoms with van der Waals surface area (Å²) in [5, 5.41) is 24.1. The molecule has 5 rings (SSSR count). The molecule has 10 heteroatoms. The predicted octanol–water partition coefficient (Wildman–Crippen LogP) is 0.971. The third-order valence-electron chi connectivity index (χ3n) is 4.72. The van der Waals surface area contributed by atoms with E-state index in [1.807, 2.05) is 13.0 Å². The first-order valence-corrected chi connectivity index (χ1v) is 9.80. The van der Waals surface area contributed by atoms with Gasteiger partial charge in [-0.3, -0.25) is 9.98 Å². The lowest BCUT2D eigenvalue weighted by Gasteiger charge is -2.05. The van der Waals surface area contributed by atoms with Gasteiger partial charge in [0.2, 0.25) is 5.88 Å². The molecule has 0 bridgehead atoms. The molecule has 0 atom stereocenters. The van der Waals surface area contributed by atoms with Crippen molar-refractivity contribution in [2.45, 2.75) is 25.8 Å². The molecule has 3 N–H and O–H groups in total. The van der Waals surface area contributed by atoms with E-state index in [0.717, 1.165) is 34.5 Å². The quantitative estimate of drug-likeness (QED) is 0.467. The fraction of sp³-hybridized carbons (Fsp3) is 0.211. The van der Waals surface area contributed by atoms with Crippen LogP contribution in [0.4, 0.5) is 0 Å². The van der Waals surface area contributed by atoms with E-state index in [9.17, 15) is 15.2 Å². The molecule has 0 unspecified atom stereocenters. The molecule has 0 radical (unpaired) electrons. The summed E-state index contributed by atoms with van der Waals surface area (Å²) >= 11 is 1.37. The number of nitriles is 1. The normalized spacial score (nSPS) is 15.3. The Morgan fingerprint density at radius 2 is 2.24 bits per heavy atom. The van der Waals surface area contributed by atoms with Crippen molar-refractivity contribution < 1.29 is 5.11 Å². The average Bonchev–Trinajstić information content (AvgIpc) is 3.09. The largest absolute Gasteiger partial charge is 0.493 e. The zero-order chi connectivity index (χ0) is 20.1. The first-order chi connectivity index (χ1) is 14.0. The van der Waals surface area contributed by atoms with Crippen molar-refractivity contribution in [2.24, 2.45) is 4.99 Å². The molecule has 0 aliphatic heterocycles. The summed E-state index contributed by atoms with van der Waals surface area (Å²) < 4.78 is 1.68. The predicted molar refractivity (Wildman–Crippen MR) is 106 cm³/mol. The van der Waals surface area contributed by atoms with Gasteiger partial charge in [-0.2, -0.15) is 14.9 Å². The fourth-order valence-electron chi connectivity index (χ4n) is 3.12. The highest BCUT2D eigenvalue weighted by Gasteiger charge is 2.22. The van der Waals surface area contributed by atoms with Crippen LogP contribution < -0.4 is 16.4 Å². The second-order valence-electron chi connectivity index (χ2n) is 6.87. The number of aromatic amines is 2. The zero-order valence-corrected chi connectivity index (χ0v) is 16.1. The average molecular weight is 405 g/mol. The molecule has 4 aromatic rings. The van der Waals surface area contributed by atoms with Crippen molar-refractivity contribution in [3.63, 3.8) is 0 Å². The van der Waals surface area contributed by atoms with Crippen LogP contribution in [0.5, 0.6) is 5.88 Å². The zero-order valence-electron chi connectivity index (χ0n) is 15.3. The van der Waals surface area contributed by atoms with Crippen molar-refractivity contribution in [1.82, 2.24) is 24.6 Å². The van der Waals surface area contributed by atoms with Gasteiger partial charge >= 0.3 is 5.69 Å². The fourth-order valence-corrected chi connectivity index (χ4v) is 3.97. The minimum Gasteiger partial charge on any atom is -0.493 e. The molecule has 4 heterocycles. The molecule has 0 aromatic carbocycles. The van der Waals surface area contributed by atoms with Crippen LogP contribution in [-0.4, -0.2) is 35.7 Å². The summed E-state index contributed by atoms with van der Waals surface area (Å²) in [6.07, 6.45) is 5.33. The van der Waals surface area contributed by atoms with Crippen molar-refractivity contribution >= 4 is 23.1 Å². The van der Waals surface area contributed by atoms with E-state index in [4.69, 9.17) is 9.98 Å². The van der Waals surface area contributed by atoms with Crippen molar-refractivity contribution in [1.29, 1.82) is 5.26 Å². The second-order valence-corrected chi connectivity index (χ2v) is 7.95. The van der Waals surface area contributed by atoms with Gasteiger partial charge in [-0.25, -0.2) is 9.78 Å². The molecule has 144 valence electrons. The molecule has 1 aliphatic rings. The molecule has 29 heavy (non-hydrogen) atoms. The Balaban J connectivity index is 1.82. The maximum Gasteiger partial charge on any atom is 0.326 e. The highest BCUT2D eigenvalue weighted by atomic mass is 32.1. The Morgan fingerprint density at radius 1 is 1.41 bits per heavy atom. The number of hydrogen-bond acceptors (Lipinski definition) is 7. The van der Waals surface area contributed by atoms with Gasteiger partial charge in [0.15, 0.2) is 11.1 Å². The second kappa shape index (κ2) is 6.42. The molecule has 1 saturated carbocycles. The monoisotopic (exact) mass is 405 g/mol. The molecule has 1 fully saturated rings. The van der Waals surface area contributed by atoms with Crippen molar-refractivity contribution in [2.75, 3.05) is 0 Å². The van der Waals surface area contributed by atoms with E-state index in [-0.39, 0.29) is 17.6 Å². The van der Waals surface area contributed by atoms with Crippen molar-refractivity contribution in [3.8, 4) is 22.5 Å². The van der Waals surface area contributed by atoms with Gasteiger partial charge in [0, 0.05) is 10.8 Å². The van der Waals surface area contributed by atoms with Crippen LogP contribution in [-0.2, 0) is 0 Å². The number of nitrogens with one attached hydrogen (secondary N) is 2. The van der Waals surface area contributed by atoms with E-state index in [0.29, 0.717) is 15.7 Å². The van der Waals surface area contributed by atoms with Crippen LogP contribution in [0.1, 0.15) is 29.0 Å². The SMILES string of the molecule is Cc1c(-c2ccc(C#N)s2)nc2c(=Cc3[nH]c(=O)[nH]c3O)cnn2c1=NC1CC1. The molecular weight excluding hydrogens is 390 g/mol. The summed E-state index contributed by atoms with van der Waals surface area (Å²) in [6, 6.07) is 6.09. The first-order valence-electron chi connectivity index (χ1n) is 8.99. The van der Waals surface area contributed by atoms with E-state index in [2.05, 4.69) is 21.1 Å².